The fourth-order valence-electron chi connectivity index (χ4n) is 5.19. The van der Waals surface area contributed by atoms with Crippen LogP contribution in [-0.2, 0) is 14.8 Å². The van der Waals surface area contributed by atoms with Gasteiger partial charge in [-0.3, -0.25) is 9.59 Å². The molecule has 0 spiro atoms. The molecule has 2 fully saturated rings. The average Bonchev–Trinajstić information content (AvgIpc) is 2.83. The fraction of sp³-hybridized carbons (Fsp3) is 0.692. The molecule has 2 aliphatic rings. The number of amides is 2. The van der Waals surface area contributed by atoms with Crippen molar-refractivity contribution in [1.82, 2.24) is 14.5 Å². The van der Waals surface area contributed by atoms with Crippen molar-refractivity contribution in [1.29, 1.82) is 0 Å². The summed E-state index contributed by atoms with van der Waals surface area (Å²) in [4.78, 5) is 27.6. The number of carbonyl (C=O) groups is 2. The van der Waals surface area contributed by atoms with Crippen LogP contribution in [0.1, 0.15) is 76.1 Å². The molecule has 3 atom stereocenters. The van der Waals surface area contributed by atoms with E-state index in [9.17, 15) is 18.0 Å². The van der Waals surface area contributed by atoms with E-state index in [1.165, 1.54) is 18.6 Å². The quantitative estimate of drug-likeness (QED) is 0.531. The van der Waals surface area contributed by atoms with Gasteiger partial charge in [0.1, 0.15) is 0 Å². The number of likely N-dealkylation sites (tertiary alicyclic amines) is 1. The van der Waals surface area contributed by atoms with Gasteiger partial charge in [-0.25, -0.2) is 8.42 Å². The van der Waals surface area contributed by atoms with Crippen molar-refractivity contribution in [2.24, 2.45) is 17.8 Å². The lowest BCUT2D eigenvalue weighted by molar-refractivity contribution is -0.126. The van der Waals surface area contributed by atoms with E-state index in [0.717, 1.165) is 38.5 Å². The van der Waals surface area contributed by atoms with E-state index < -0.39 is 10.0 Å². The summed E-state index contributed by atoms with van der Waals surface area (Å²) in [6, 6.07) is 6.28. The highest BCUT2D eigenvalue weighted by atomic mass is 32.2. The summed E-state index contributed by atoms with van der Waals surface area (Å²) >= 11 is 0. The van der Waals surface area contributed by atoms with Gasteiger partial charge < -0.3 is 10.2 Å². The molecule has 3 rings (SSSR count). The van der Waals surface area contributed by atoms with Gasteiger partial charge >= 0.3 is 0 Å². The average molecular weight is 492 g/mol. The third-order valence-electron chi connectivity index (χ3n) is 6.98. The van der Waals surface area contributed by atoms with Crippen molar-refractivity contribution in [2.45, 2.75) is 70.6 Å². The normalized spacial score (nSPS) is 24.1. The van der Waals surface area contributed by atoms with Gasteiger partial charge in [-0.05, 0) is 61.8 Å². The van der Waals surface area contributed by atoms with E-state index in [2.05, 4.69) is 26.1 Å². The summed E-state index contributed by atoms with van der Waals surface area (Å²) in [6.45, 7) is 9.09. The molecule has 1 aromatic rings. The van der Waals surface area contributed by atoms with Gasteiger partial charge in [0.05, 0.1) is 10.8 Å². The van der Waals surface area contributed by atoms with Crippen molar-refractivity contribution >= 4 is 21.8 Å². The van der Waals surface area contributed by atoms with Gasteiger partial charge in [0, 0.05) is 38.3 Å². The standard InChI is InChI=1S/C26H41N3O4S/c1-4-5-6-7-14-27-25(30)23-9-8-15-28(19-23)26(31)22-10-12-24(13-11-22)34(32,33)29-17-20(2)16-21(3)18-29/h10-13,20-21,23H,4-9,14-19H2,1-3H3,(H,27,30). The molecule has 7 nitrogen and oxygen atoms in total. The molecule has 190 valence electrons. The van der Waals surface area contributed by atoms with Crippen LogP contribution in [0.15, 0.2) is 29.2 Å². The number of carbonyl (C=O) groups excluding carboxylic acids is 2. The van der Waals surface area contributed by atoms with Gasteiger partial charge in [0.25, 0.3) is 5.91 Å². The van der Waals surface area contributed by atoms with Crippen LogP contribution in [0.2, 0.25) is 0 Å². The Hall–Kier alpha value is -1.93. The smallest absolute Gasteiger partial charge is 0.253 e. The largest absolute Gasteiger partial charge is 0.356 e. The van der Waals surface area contributed by atoms with E-state index in [4.69, 9.17) is 0 Å². The maximum Gasteiger partial charge on any atom is 0.253 e. The molecule has 0 bridgehead atoms. The first-order chi connectivity index (χ1) is 16.2. The molecule has 2 aliphatic heterocycles. The Morgan fingerprint density at radius 2 is 1.68 bits per heavy atom. The molecule has 1 aromatic carbocycles. The second kappa shape index (κ2) is 12.2. The molecule has 8 heteroatoms. The van der Waals surface area contributed by atoms with Crippen LogP contribution in [-0.4, -0.2) is 62.2 Å². The van der Waals surface area contributed by atoms with Crippen molar-refractivity contribution in [2.75, 3.05) is 32.7 Å². The number of nitrogens with zero attached hydrogens (tertiary/aromatic N) is 2. The molecule has 0 aliphatic carbocycles. The zero-order chi connectivity index (χ0) is 24.7. The maximum atomic E-state index is 13.1. The predicted molar refractivity (Wildman–Crippen MR) is 134 cm³/mol. The third-order valence-corrected chi connectivity index (χ3v) is 8.83. The minimum absolute atomic E-state index is 0.0282. The van der Waals surface area contributed by atoms with Crippen molar-refractivity contribution in [3.05, 3.63) is 29.8 Å². The Bertz CT molecular complexity index is 922. The van der Waals surface area contributed by atoms with E-state index in [1.807, 2.05) is 0 Å². The lowest BCUT2D eigenvalue weighted by atomic mass is 9.94. The fourth-order valence-corrected chi connectivity index (χ4v) is 6.87. The van der Waals surface area contributed by atoms with Crippen LogP contribution in [0.3, 0.4) is 0 Å². The predicted octanol–water partition coefficient (Wildman–Crippen LogP) is 3.90. The molecule has 2 heterocycles. The second-order valence-electron chi connectivity index (χ2n) is 10.2. The number of benzene rings is 1. The highest BCUT2D eigenvalue weighted by molar-refractivity contribution is 7.89. The third kappa shape index (κ3) is 6.81. The molecular weight excluding hydrogens is 450 g/mol. The lowest BCUT2D eigenvalue weighted by Gasteiger charge is -2.34. The second-order valence-corrected chi connectivity index (χ2v) is 12.2. The number of hydrogen-bond donors (Lipinski definition) is 1. The minimum Gasteiger partial charge on any atom is -0.356 e. The van der Waals surface area contributed by atoms with Crippen LogP contribution in [0.5, 0.6) is 0 Å². The number of sulfonamides is 1. The van der Waals surface area contributed by atoms with Gasteiger partial charge in [0.2, 0.25) is 15.9 Å². The number of rotatable bonds is 9. The summed E-state index contributed by atoms with van der Waals surface area (Å²) in [7, 11) is -3.57. The van der Waals surface area contributed by atoms with Crippen LogP contribution >= 0.6 is 0 Å². The molecule has 0 radical (unpaired) electrons. The summed E-state index contributed by atoms with van der Waals surface area (Å²) in [6.07, 6.45) is 7.06. The van der Waals surface area contributed by atoms with E-state index in [-0.39, 0.29) is 22.6 Å². The molecule has 2 saturated heterocycles. The number of hydrogen-bond acceptors (Lipinski definition) is 4. The summed E-state index contributed by atoms with van der Waals surface area (Å²) < 4.78 is 27.8. The highest BCUT2D eigenvalue weighted by Gasteiger charge is 2.32. The number of piperidine rings is 2. The molecule has 1 N–H and O–H groups in total. The molecule has 3 unspecified atom stereocenters. The lowest BCUT2D eigenvalue weighted by Crippen LogP contribution is -2.45. The molecule has 34 heavy (non-hydrogen) atoms. The van der Waals surface area contributed by atoms with Gasteiger partial charge in [-0.1, -0.05) is 40.0 Å². The molecule has 2 amide bonds. The topological polar surface area (TPSA) is 86.8 Å². The Labute approximate surface area is 205 Å². The zero-order valence-electron chi connectivity index (χ0n) is 21.0. The first kappa shape index (κ1) is 26.7. The Morgan fingerprint density at radius 1 is 1.00 bits per heavy atom. The Kier molecular flexibility index (Phi) is 9.54. The van der Waals surface area contributed by atoms with Gasteiger partial charge in [-0.2, -0.15) is 4.31 Å². The minimum atomic E-state index is -3.57. The monoisotopic (exact) mass is 491 g/mol. The first-order valence-electron chi connectivity index (χ1n) is 12.9. The van der Waals surface area contributed by atoms with Crippen LogP contribution in [0.25, 0.3) is 0 Å². The zero-order valence-corrected chi connectivity index (χ0v) is 21.8. The Morgan fingerprint density at radius 3 is 2.32 bits per heavy atom. The number of nitrogens with one attached hydrogen (secondary N) is 1. The van der Waals surface area contributed by atoms with Crippen LogP contribution in [0, 0.1) is 17.8 Å². The molecule has 0 aromatic heterocycles. The van der Waals surface area contributed by atoms with Crippen LogP contribution in [0.4, 0.5) is 0 Å². The molecular formula is C26H41N3O4S. The SMILES string of the molecule is CCCCCCNC(=O)C1CCCN(C(=O)c2ccc(S(=O)(=O)N3CC(C)CC(C)C3)cc2)C1. The maximum absolute atomic E-state index is 13.1. The first-order valence-corrected chi connectivity index (χ1v) is 14.3. The van der Waals surface area contributed by atoms with Crippen molar-refractivity contribution in [3.63, 3.8) is 0 Å². The highest BCUT2D eigenvalue weighted by Crippen LogP contribution is 2.27. The number of unbranched alkanes of at least 4 members (excludes halogenated alkanes) is 3. The van der Waals surface area contributed by atoms with Crippen molar-refractivity contribution < 1.29 is 18.0 Å². The van der Waals surface area contributed by atoms with Gasteiger partial charge in [0.15, 0.2) is 0 Å². The molecule has 0 saturated carbocycles. The Balaban J connectivity index is 1.59. The van der Waals surface area contributed by atoms with Crippen molar-refractivity contribution in [3.8, 4) is 0 Å². The van der Waals surface area contributed by atoms with E-state index in [1.54, 1.807) is 21.3 Å². The van der Waals surface area contributed by atoms with Crippen LogP contribution < -0.4 is 5.32 Å². The summed E-state index contributed by atoms with van der Waals surface area (Å²) in [5.41, 5.74) is 0.458. The van der Waals surface area contributed by atoms with E-state index in [0.29, 0.717) is 50.1 Å². The van der Waals surface area contributed by atoms with Gasteiger partial charge in [-0.15, -0.1) is 0 Å². The summed E-state index contributed by atoms with van der Waals surface area (Å²) in [5, 5.41) is 3.02. The summed E-state index contributed by atoms with van der Waals surface area (Å²) in [5.74, 6) is 0.358. The van der Waals surface area contributed by atoms with E-state index >= 15 is 0 Å².